The van der Waals surface area contributed by atoms with Crippen molar-refractivity contribution in [3.05, 3.63) is 65.2 Å². The number of anilines is 1. The Morgan fingerprint density at radius 1 is 1.13 bits per heavy atom. The third-order valence-electron chi connectivity index (χ3n) is 4.21. The first kappa shape index (κ1) is 15.3. The predicted molar refractivity (Wildman–Crippen MR) is 90.1 cm³/mol. The van der Waals surface area contributed by atoms with Gasteiger partial charge in [-0.1, -0.05) is 48.0 Å². The van der Waals surface area contributed by atoms with Crippen LogP contribution < -0.4 is 10.2 Å². The molecule has 0 spiro atoms. The molecule has 4 nitrogen and oxygen atoms in total. The van der Waals surface area contributed by atoms with Crippen LogP contribution in [-0.4, -0.2) is 17.9 Å². The molecule has 0 saturated carbocycles. The van der Waals surface area contributed by atoms with E-state index in [0.717, 1.165) is 16.8 Å². The van der Waals surface area contributed by atoms with E-state index in [1.807, 2.05) is 55.5 Å². The number of nitrogens with one attached hydrogen (secondary N) is 1. The van der Waals surface area contributed by atoms with Gasteiger partial charge in [-0.05, 0) is 24.1 Å². The van der Waals surface area contributed by atoms with Crippen LogP contribution in [0.25, 0.3) is 0 Å². The molecular weight excluding hydrogens is 288 g/mol. The molecule has 1 N–H and O–H groups in total. The molecule has 3 rings (SSSR count). The fraction of sp³-hybridized carbons (Fsp3) is 0.263. The Morgan fingerprint density at radius 2 is 1.83 bits per heavy atom. The Hall–Kier alpha value is -2.62. The van der Waals surface area contributed by atoms with Crippen molar-refractivity contribution in [2.45, 2.75) is 32.9 Å². The van der Waals surface area contributed by atoms with Crippen LogP contribution in [0.2, 0.25) is 0 Å². The largest absolute Gasteiger partial charge is 0.350 e. The molecule has 1 aliphatic rings. The first-order chi connectivity index (χ1) is 11.1. The summed E-state index contributed by atoms with van der Waals surface area (Å²) in [6.07, 6.45) is 0.565. The molecule has 0 aliphatic carbocycles. The van der Waals surface area contributed by atoms with Gasteiger partial charge in [0.1, 0.15) is 6.04 Å². The molecule has 1 aliphatic heterocycles. The monoisotopic (exact) mass is 308 g/mol. The van der Waals surface area contributed by atoms with Crippen molar-refractivity contribution in [1.29, 1.82) is 0 Å². The average molecular weight is 308 g/mol. The van der Waals surface area contributed by atoms with Gasteiger partial charge < -0.3 is 5.32 Å². The lowest BCUT2D eigenvalue weighted by Crippen LogP contribution is -2.47. The molecule has 0 radical (unpaired) electrons. The minimum absolute atomic E-state index is 0.106. The molecule has 23 heavy (non-hydrogen) atoms. The third kappa shape index (κ3) is 3.11. The van der Waals surface area contributed by atoms with E-state index >= 15 is 0 Å². The summed E-state index contributed by atoms with van der Waals surface area (Å²) in [5, 5.41) is 2.95. The lowest BCUT2D eigenvalue weighted by molar-refractivity contribution is -0.125. The highest BCUT2D eigenvalue weighted by Gasteiger charge is 2.36. The van der Waals surface area contributed by atoms with Gasteiger partial charge in [-0.25, -0.2) is 0 Å². The summed E-state index contributed by atoms with van der Waals surface area (Å²) in [6.45, 7) is 4.00. The minimum atomic E-state index is -0.463. The smallest absolute Gasteiger partial charge is 0.243 e. The first-order valence-electron chi connectivity index (χ1n) is 7.77. The highest BCUT2D eigenvalue weighted by atomic mass is 16.2. The number of hydrogen-bond acceptors (Lipinski definition) is 2. The van der Waals surface area contributed by atoms with Crippen molar-refractivity contribution in [2.75, 3.05) is 4.90 Å². The average Bonchev–Trinajstić information content (AvgIpc) is 2.93. The van der Waals surface area contributed by atoms with Gasteiger partial charge in [-0.3, -0.25) is 14.5 Å². The lowest BCUT2D eigenvalue weighted by Gasteiger charge is -2.23. The molecule has 0 saturated heterocycles. The molecule has 0 aromatic heterocycles. The zero-order valence-corrected chi connectivity index (χ0v) is 13.4. The van der Waals surface area contributed by atoms with Crippen LogP contribution in [0.4, 0.5) is 5.69 Å². The van der Waals surface area contributed by atoms with Gasteiger partial charge in [0.15, 0.2) is 0 Å². The zero-order valence-electron chi connectivity index (χ0n) is 13.4. The number of para-hydroxylation sites is 1. The molecule has 2 aromatic carbocycles. The van der Waals surface area contributed by atoms with E-state index in [4.69, 9.17) is 0 Å². The number of nitrogens with zero attached hydrogens (tertiary/aromatic N) is 1. The summed E-state index contributed by atoms with van der Waals surface area (Å²) in [6, 6.07) is 15.3. The van der Waals surface area contributed by atoms with Gasteiger partial charge in [0, 0.05) is 25.6 Å². The first-order valence-corrected chi connectivity index (χ1v) is 7.77. The van der Waals surface area contributed by atoms with Gasteiger partial charge in [0.05, 0.1) is 0 Å². The molecule has 2 aromatic rings. The fourth-order valence-corrected chi connectivity index (χ4v) is 3.00. The van der Waals surface area contributed by atoms with Crippen LogP contribution in [0.3, 0.4) is 0 Å². The Balaban J connectivity index is 1.72. The van der Waals surface area contributed by atoms with Crippen molar-refractivity contribution in [1.82, 2.24) is 5.32 Å². The summed E-state index contributed by atoms with van der Waals surface area (Å²) in [5.74, 6) is -0.220. The van der Waals surface area contributed by atoms with E-state index in [2.05, 4.69) is 5.32 Å². The van der Waals surface area contributed by atoms with Crippen LogP contribution in [-0.2, 0) is 22.6 Å². The summed E-state index contributed by atoms with van der Waals surface area (Å²) < 4.78 is 0. The molecule has 2 amide bonds. The summed E-state index contributed by atoms with van der Waals surface area (Å²) in [4.78, 5) is 26.1. The fourth-order valence-electron chi connectivity index (χ4n) is 3.00. The van der Waals surface area contributed by atoms with Crippen LogP contribution in [0.1, 0.15) is 23.6 Å². The van der Waals surface area contributed by atoms with Gasteiger partial charge in [0.2, 0.25) is 11.8 Å². The predicted octanol–water partition coefficient (Wildman–Crippen LogP) is 2.59. The van der Waals surface area contributed by atoms with Crippen LogP contribution in [0.15, 0.2) is 48.5 Å². The number of aryl methyl sites for hydroxylation is 1. The second kappa shape index (κ2) is 6.24. The molecule has 0 unspecified atom stereocenters. The van der Waals surface area contributed by atoms with Gasteiger partial charge >= 0.3 is 0 Å². The van der Waals surface area contributed by atoms with Gasteiger partial charge in [-0.15, -0.1) is 0 Å². The summed E-state index contributed by atoms with van der Waals surface area (Å²) in [7, 11) is 0. The zero-order chi connectivity index (χ0) is 16.4. The minimum Gasteiger partial charge on any atom is -0.350 e. The topological polar surface area (TPSA) is 49.4 Å². The third-order valence-corrected chi connectivity index (χ3v) is 4.21. The Kier molecular flexibility index (Phi) is 4.15. The number of fused-ring (bicyclic) bond motifs is 1. The maximum Gasteiger partial charge on any atom is 0.243 e. The Morgan fingerprint density at radius 3 is 2.52 bits per heavy atom. The van der Waals surface area contributed by atoms with E-state index < -0.39 is 6.04 Å². The Labute approximate surface area is 136 Å². The molecular formula is C19H20N2O2. The van der Waals surface area contributed by atoms with E-state index in [-0.39, 0.29) is 11.8 Å². The molecule has 4 heteroatoms. The summed E-state index contributed by atoms with van der Waals surface area (Å²) in [5.41, 5.74) is 4.12. The molecule has 0 bridgehead atoms. The quantitative estimate of drug-likeness (QED) is 0.947. The number of carbonyl (C=O) groups excluding carboxylic acids is 2. The lowest BCUT2D eigenvalue weighted by atomic mass is 10.1. The second-order valence-corrected chi connectivity index (χ2v) is 5.94. The molecule has 0 fully saturated rings. The maximum atomic E-state index is 12.6. The number of carbonyl (C=O) groups is 2. The van der Waals surface area contributed by atoms with Crippen molar-refractivity contribution < 1.29 is 9.59 Å². The van der Waals surface area contributed by atoms with Gasteiger partial charge in [-0.2, -0.15) is 0 Å². The standard InChI is InChI=1S/C19H20N2O2/c1-13-7-9-15(10-8-13)12-20-19(23)18-11-16-5-3-4-6-17(16)21(18)14(2)22/h3-10,18H,11-12H2,1-2H3,(H,20,23)/t18-/m0/s1. The van der Waals surface area contributed by atoms with Crippen molar-refractivity contribution in [3.63, 3.8) is 0 Å². The van der Waals surface area contributed by atoms with Crippen LogP contribution >= 0.6 is 0 Å². The van der Waals surface area contributed by atoms with Crippen LogP contribution in [0, 0.1) is 6.92 Å². The highest BCUT2D eigenvalue weighted by molar-refractivity contribution is 6.02. The van der Waals surface area contributed by atoms with Crippen molar-refractivity contribution in [2.24, 2.45) is 0 Å². The maximum absolute atomic E-state index is 12.6. The number of hydrogen-bond donors (Lipinski definition) is 1. The molecule has 1 heterocycles. The van der Waals surface area contributed by atoms with E-state index in [0.29, 0.717) is 13.0 Å². The molecule has 1 atom stereocenters. The van der Waals surface area contributed by atoms with E-state index in [1.54, 1.807) is 4.90 Å². The van der Waals surface area contributed by atoms with E-state index in [1.165, 1.54) is 12.5 Å². The van der Waals surface area contributed by atoms with Gasteiger partial charge in [0.25, 0.3) is 0 Å². The second-order valence-electron chi connectivity index (χ2n) is 5.94. The number of rotatable bonds is 3. The van der Waals surface area contributed by atoms with Crippen molar-refractivity contribution >= 4 is 17.5 Å². The normalized spacial score (nSPS) is 16.1. The van der Waals surface area contributed by atoms with Crippen molar-refractivity contribution in [3.8, 4) is 0 Å². The molecule has 118 valence electrons. The van der Waals surface area contributed by atoms with Crippen LogP contribution in [0.5, 0.6) is 0 Å². The Bertz CT molecular complexity index is 737. The van der Waals surface area contributed by atoms with E-state index in [9.17, 15) is 9.59 Å². The number of amides is 2. The SMILES string of the molecule is CC(=O)N1c2ccccc2C[C@H]1C(=O)NCc1ccc(C)cc1. The number of benzene rings is 2. The highest BCUT2D eigenvalue weighted by Crippen LogP contribution is 2.32. The summed E-state index contributed by atoms with van der Waals surface area (Å²) >= 11 is 0.